The third-order valence-electron chi connectivity index (χ3n) is 4.33. The maximum absolute atomic E-state index is 11.9. The number of aromatic carboxylic acids is 1. The quantitative estimate of drug-likeness (QED) is 0.482. The van der Waals surface area contributed by atoms with Crippen molar-refractivity contribution in [1.29, 1.82) is 0 Å². The Morgan fingerprint density at radius 1 is 1.14 bits per heavy atom. The molecule has 29 heavy (non-hydrogen) atoms. The van der Waals surface area contributed by atoms with Gasteiger partial charge in [-0.2, -0.15) is 5.10 Å². The number of carbonyl (C=O) groups is 1. The largest absolute Gasteiger partial charge is 0.476 e. The molecule has 1 heterocycles. The summed E-state index contributed by atoms with van der Waals surface area (Å²) >= 11 is 0. The Hall–Kier alpha value is -3.52. The number of nitro groups is 1. The molecule has 8 heteroatoms. The van der Waals surface area contributed by atoms with Gasteiger partial charge >= 0.3 is 5.97 Å². The smallest absolute Gasteiger partial charge is 0.356 e. The highest BCUT2D eigenvalue weighted by Crippen LogP contribution is 2.31. The molecule has 0 saturated carbocycles. The van der Waals surface area contributed by atoms with Crippen LogP contribution in [0.4, 0.5) is 5.69 Å². The molecule has 0 aliphatic carbocycles. The second-order valence-electron chi connectivity index (χ2n) is 7.64. The summed E-state index contributed by atoms with van der Waals surface area (Å²) in [5.41, 5.74) is 2.12. The molecule has 0 bridgehead atoms. The Morgan fingerprint density at radius 2 is 1.76 bits per heavy atom. The summed E-state index contributed by atoms with van der Waals surface area (Å²) in [6, 6.07) is 15.2. The lowest BCUT2D eigenvalue weighted by Gasteiger charge is -2.21. The average molecular weight is 394 g/mol. The van der Waals surface area contributed by atoms with Gasteiger partial charge in [0.25, 0.3) is 5.69 Å². The van der Waals surface area contributed by atoms with Crippen molar-refractivity contribution in [2.45, 2.75) is 32.9 Å². The number of nitro benzene ring substituents is 1. The number of aromatic nitrogens is 2. The zero-order valence-electron chi connectivity index (χ0n) is 16.4. The van der Waals surface area contributed by atoms with Gasteiger partial charge in [0.15, 0.2) is 5.69 Å². The lowest BCUT2D eigenvalue weighted by Crippen LogP contribution is -2.35. The third-order valence-corrected chi connectivity index (χ3v) is 4.33. The number of carboxylic acids is 1. The lowest BCUT2D eigenvalue weighted by atomic mass is 10.0. The van der Waals surface area contributed by atoms with E-state index in [4.69, 9.17) is 0 Å². The SMILES string of the molecule is CC(C)(C)NCc1c(C(=O)O)nn(-c2ccccc2)c1-c1ccc([N+](=O)[O-])cc1. The topological polar surface area (TPSA) is 110 Å². The second-order valence-corrected chi connectivity index (χ2v) is 7.64. The minimum atomic E-state index is -1.13. The first-order valence-electron chi connectivity index (χ1n) is 9.08. The molecule has 0 atom stereocenters. The van der Waals surface area contributed by atoms with Crippen molar-refractivity contribution in [2.75, 3.05) is 0 Å². The van der Waals surface area contributed by atoms with Gasteiger partial charge in [-0.25, -0.2) is 9.48 Å². The fourth-order valence-corrected chi connectivity index (χ4v) is 2.94. The molecule has 3 aromatic rings. The fraction of sp³-hybridized carbons (Fsp3) is 0.238. The number of nitrogens with zero attached hydrogens (tertiary/aromatic N) is 3. The van der Waals surface area contributed by atoms with E-state index in [1.54, 1.807) is 16.8 Å². The standard InChI is InChI=1S/C21H22N4O4/c1-21(2,3)22-13-17-18(20(26)27)23-24(15-7-5-4-6-8-15)19(17)14-9-11-16(12-10-14)25(28)29/h4-12,22H,13H2,1-3H3,(H,26,27). The van der Waals surface area contributed by atoms with Crippen molar-refractivity contribution in [3.8, 4) is 16.9 Å². The van der Waals surface area contributed by atoms with E-state index in [0.717, 1.165) is 0 Å². The molecule has 2 N–H and O–H groups in total. The molecule has 0 saturated heterocycles. The maximum Gasteiger partial charge on any atom is 0.356 e. The maximum atomic E-state index is 11.9. The van der Waals surface area contributed by atoms with Gasteiger partial charge in [0.2, 0.25) is 0 Å². The highest BCUT2D eigenvalue weighted by Gasteiger charge is 2.25. The van der Waals surface area contributed by atoms with Gasteiger partial charge in [-0.3, -0.25) is 10.1 Å². The van der Waals surface area contributed by atoms with Gasteiger partial charge < -0.3 is 10.4 Å². The molecule has 150 valence electrons. The minimum Gasteiger partial charge on any atom is -0.476 e. The Morgan fingerprint density at radius 3 is 2.28 bits per heavy atom. The van der Waals surface area contributed by atoms with Crippen molar-refractivity contribution in [3.63, 3.8) is 0 Å². The van der Waals surface area contributed by atoms with E-state index in [1.165, 1.54) is 12.1 Å². The summed E-state index contributed by atoms with van der Waals surface area (Å²) in [6.45, 7) is 6.24. The van der Waals surface area contributed by atoms with Crippen LogP contribution >= 0.6 is 0 Å². The summed E-state index contributed by atoms with van der Waals surface area (Å²) in [4.78, 5) is 22.5. The number of rotatable bonds is 6. The predicted octanol–water partition coefficient (Wildman–Crippen LogP) is 4.03. The van der Waals surface area contributed by atoms with E-state index in [0.29, 0.717) is 22.5 Å². The zero-order valence-corrected chi connectivity index (χ0v) is 16.4. The highest BCUT2D eigenvalue weighted by atomic mass is 16.6. The van der Waals surface area contributed by atoms with Crippen LogP contribution in [0.1, 0.15) is 36.8 Å². The molecule has 0 unspecified atom stereocenters. The van der Waals surface area contributed by atoms with Gasteiger partial charge in [0.1, 0.15) is 0 Å². The molecule has 0 radical (unpaired) electrons. The van der Waals surface area contributed by atoms with Gasteiger partial charge in [-0.1, -0.05) is 18.2 Å². The van der Waals surface area contributed by atoms with Gasteiger partial charge in [-0.05, 0) is 45.0 Å². The Kier molecular flexibility index (Phi) is 5.47. The van der Waals surface area contributed by atoms with Crippen LogP contribution in [0.25, 0.3) is 16.9 Å². The number of non-ortho nitro benzene ring substituents is 1. The van der Waals surface area contributed by atoms with Crippen LogP contribution < -0.4 is 5.32 Å². The fourth-order valence-electron chi connectivity index (χ4n) is 2.94. The first kappa shape index (κ1) is 20.2. The molecule has 3 rings (SSSR count). The number of hydrogen-bond donors (Lipinski definition) is 2. The molecule has 0 aliphatic heterocycles. The van der Waals surface area contributed by atoms with Crippen LogP contribution in [0.5, 0.6) is 0 Å². The van der Waals surface area contributed by atoms with Crippen molar-refractivity contribution in [3.05, 3.63) is 76.0 Å². The van der Waals surface area contributed by atoms with Gasteiger partial charge in [0, 0.05) is 35.3 Å². The lowest BCUT2D eigenvalue weighted by molar-refractivity contribution is -0.384. The van der Waals surface area contributed by atoms with E-state index >= 15 is 0 Å². The summed E-state index contributed by atoms with van der Waals surface area (Å²) in [6.07, 6.45) is 0. The first-order valence-corrected chi connectivity index (χ1v) is 9.08. The summed E-state index contributed by atoms with van der Waals surface area (Å²) in [5.74, 6) is -1.13. The van der Waals surface area contributed by atoms with Crippen LogP contribution in [-0.4, -0.2) is 31.3 Å². The molecule has 0 fully saturated rings. The molecule has 8 nitrogen and oxygen atoms in total. The summed E-state index contributed by atoms with van der Waals surface area (Å²) < 4.78 is 1.57. The second kappa shape index (κ2) is 7.84. The Balaban J connectivity index is 2.23. The van der Waals surface area contributed by atoms with Crippen LogP contribution in [0, 0.1) is 10.1 Å². The van der Waals surface area contributed by atoms with Crippen molar-refractivity contribution >= 4 is 11.7 Å². The van der Waals surface area contributed by atoms with E-state index in [-0.39, 0.29) is 23.5 Å². The summed E-state index contributed by atoms with van der Waals surface area (Å²) in [5, 5.41) is 28.4. The van der Waals surface area contributed by atoms with E-state index in [1.807, 2.05) is 51.1 Å². The molecule has 0 spiro atoms. The minimum absolute atomic E-state index is 0.0349. The Bertz CT molecular complexity index is 1040. The van der Waals surface area contributed by atoms with E-state index < -0.39 is 10.9 Å². The molecule has 2 aromatic carbocycles. The van der Waals surface area contributed by atoms with Crippen LogP contribution in [0.3, 0.4) is 0 Å². The number of carboxylic acid groups (broad SMARTS) is 1. The Labute approximate surface area is 168 Å². The van der Waals surface area contributed by atoms with Gasteiger partial charge in [-0.15, -0.1) is 0 Å². The van der Waals surface area contributed by atoms with E-state index in [9.17, 15) is 20.0 Å². The zero-order chi connectivity index (χ0) is 21.2. The number of benzene rings is 2. The van der Waals surface area contributed by atoms with Crippen molar-refractivity contribution in [2.24, 2.45) is 0 Å². The highest BCUT2D eigenvalue weighted by molar-refractivity contribution is 5.90. The first-order chi connectivity index (χ1) is 13.7. The molecular formula is C21H22N4O4. The third kappa shape index (κ3) is 4.49. The molecule has 0 aliphatic rings. The van der Waals surface area contributed by atoms with Crippen molar-refractivity contribution < 1.29 is 14.8 Å². The predicted molar refractivity (Wildman–Crippen MR) is 109 cm³/mol. The van der Waals surface area contributed by atoms with Gasteiger partial charge in [0.05, 0.1) is 16.3 Å². The van der Waals surface area contributed by atoms with Crippen LogP contribution in [0.2, 0.25) is 0 Å². The van der Waals surface area contributed by atoms with Crippen LogP contribution in [-0.2, 0) is 6.54 Å². The summed E-state index contributed by atoms with van der Waals surface area (Å²) in [7, 11) is 0. The molecule has 0 amide bonds. The molecule has 1 aromatic heterocycles. The number of para-hydroxylation sites is 1. The monoisotopic (exact) mass is 394 g/mol. The van der Waals surface area contributed by atoms with Crippen molar-refractivity contribution in [1.82, 2.24) is 15.1 Å². The average Bonchev–Trinajstić information content (AvgIpc) is 3.06. The number of hydrogen-bond acceptors (Lipinski definition) is 5. The normalized spacial score (nSPS) is 11.4. The molecular weight excluding hydrogens is 372 g/mol. The van der Waals surface area contributed by atoms with E-state index in [2.05, 4.69) is 10.4 Å². The number of nitrogens with one attached hydrogen (secondary N) is 1. The van der Waals surface area contributed by atoms with Crippen LogP contribution in [0.15, 0.2) is 54.6 Å².